The highest BCUT2D eigenvalue weighted by Crippen LogP contribution is 2.35. The first kappa shape index (κ1) is 11.5. The maximum absolute atomic E-state index is 13.3. The first-order valence-corrected chi connectivity index (χ1v) is 5.46. The van der Waals surface area contributed by atoms with Crippen LogP contribution in [-0.4, -0.2) is 4.98 Å². The van der Waals surface area contributed by atoms with Gasteiger partial charge in [-0.15, -0.1) is 0 Å². The number of benzene rings is 1. The van der Waals surface area contributed by atoms with Gasteiger partial charge in [-0.05, 0) is 24.3 Å². The van der Waals surface area contributed by atoms with Crippen LogP contribution in [0.25, 0.3) is 22.2 Å². The Hall–Kier alpha value is -2.63. The Balaban J connectivity index is 2.30. The van der Waals surface area contributed by atoms with E-state index < -0.39 is 11.6 Å². The zero-order valence-electron chi connectivity index (χ0n) is 9.65. The fourth-order valence-electron chi connectivity index (χ4n) is 1.91. The van der Waals surface area contributed by atoms with Gasteiger partial charge in [0.1, 0.15) is 11.4 Å². The smallest absolute Gasteiger partial charge is 0.214 e. The average molecular weight is 261 g/mol. The van der Waals surface area contributed by atoms with Crippen LogP contribution in [0.5, 0.6) is 0 Å². The van der Waals surface area contributed by atoms with Gasteiger partial charge in [0, 0.05) is 17.1 Å². The summed E-state index contributed by atoms with van der Waals surface area (Å²) in [5.41, 5.74) is 12.8. The van der Waals surface area contributed by atoms with Crippen LogP contribution in [0.4, 0.5) is 20.4 Å². The summed E-state index contributed by atoms with van der Waals surface area (Å²) in [6.07, 6.45) is 1.50. The third-order valence-corrected chi connectivity index (χ3v) is 2.87. The van der Waals surface area contributed by atoms with Gasteiger partial charge in [0.15, 0.2) is 17.2 Å². The molecular formula is C13H9F2N3O. The van der Waals surface area contributed by atoms with Crippen molar-refractivity contribution < 1.29 is 13.2 Å². The number of aromatic nitrogens is 1. The number of fused-ring (bicyclic) bond motifs is 1. The molecule has 2 heterocycles. The van der Waals surface area contributed by atoms with E-state index in [-0.39, 0.29) is 5.88 Å². The van der Waals surface area contributed by atoms with Gasteiger partial charge in [-0.1, -0.05) is 0 Å². The van der Waals surface area contributed by atoms with Crippen LogP contribution in [0.1, 0.15) is 0 Å². The Kier molecular flexibility index (Phi) is 2.38. The Bertz CT molecular complexity index is 783. The summed E-state index contributed by atoms with van der Waals surface area (Å²) < 4.78 is 31.5. The van der Waals surface area contributed by atoms with Gasteiger partial charge in [0.2, 0.25) is 5.88 Å². The fourth-order valence-corrected chi connectivity index (χ4v) is 1.91. The Morgan fingerprint density at radius 1 is 1.05 bits per heavy atom. The molecule has 0 unspecified atom stereocenters. The zero-order chi connectivity index (χ0) is 13.6. The predicted molar refractivity (Wildman–Crippen MR) is 68.2 cm³/mol. The van der Waals surface area contributed by atoms with Crippen molar-refractivity contribution in [1.29, 1.82) is 0 Å². The molecule has 0 aliphatic heterocycles. The maximum atomic E-state index is 13.3. The van der Waals surface area contributed by atoms with Gasteiger partial charge in [-0.3, -0.25) is 4.98 Å². The number of rotatable bonds is 1. The lowest BCUT2D eigenvalue weighted by atomic mass is 10.1. The van der Waals surface area contributed by atoms with E-state index in [9.17, 15) is 8.78 Å². The third kappa shape index (κ3) is 1.69. The van der Waals surface area contributed by atoms with E-state index in [0.29, 0.717) is 27.9 Å². The van der Waals surface area contributed by atoms with Crippen molar-refractivity contribution >= 4 is 22.5 Å². The highest BCUT2D eigenvalue weighted by molar-refractivity contribution is 6.01. The molecule has 0 aliphatic rings. The number of halogens is 2. The SMILES string of the molecule is Nc1oc2c(-c3ccc(F)c(F)c3)nccc2c1N. The molecule has 4 N–H and O–H groups in total. The average Bonchev–Trinajstić information content (AvgIpc) is 2.69. The van der Waals surface area contributed by atoms with Crippen LogP contribution in [0.15, 0.2) is 34.9 Å². The monoisotopic (exact) mass is 261 g/mol. The van der Waals surface area contributed by atoms with Gasteiger partial charge in [0.25, 0.3) is 0 Å². The van der Waals surface area contributed by atoms with E-state index in [1.807, 2.05) is 0 Å². The Morgan fingerprint density at radius 2 is 1.84 bits per heavy atom. The molecule has 0 radical (unpaired) electrons. The van der Waals surface area contributed by atoms with Crippen molar-refractivity contribution in [1.82, 2.24) is 4.98 Å². The van der Waals surface area contributed by atoms with Crippen LogP contribution >= 0.6 is 0 Å². The second-order valence-electron chi connectivity index (χ2n) is 4.05. The molecule has 0 saturated heterocycles. The van der Waals surface area contributed by atoms with E-state index in [1.54, 1.807) is 6.07 Å². The molecule has 0 atom stereocenters. The number of anilines is 2. The van der Waals surface area contributed by atoms with Crippen LogP contribution < -0.4 is 11.5 Å². The molecule has 0 saturated carbocycles. The first-order chi connectivity index (χ1) is 9.08. The minimum Gasteiger partial charge on any atom is -0.436 e. The van der Waals surface area contributed by atoms with Crippen LogP contribution in [0, 0.1) is 11.6 Å². The Labute approximate surface area is 106 Å². The molecule has 3 rings (SSSR count). The lowest BCUT2D eigenvalue weighted by Crippen LogP contribution is -1.90. The lowest BCUT2D eigenvalue weighted by Gasteiger charge is -2.02. The predicted octanol–water partition coefficient (Wildman–Crippen LogP) is 2.94. The molecular weight excluding hydrogens is 252 g/mol. The topological polar surface area (TPSA) is 78.1 Å². The molecule has 4 nitrogen and oxygen atoms in total. The van der Waals surface area contributed by atoms with E-state index in [2.05, 4.69) is 4.98 Å². The number of nitrogen functional groups attached to an aromatic ring is 2. The molecule has 0 bridgehead atoms. The lowest BCUT2D eigenvalue weighted by molar-refractivity contribution is 0.509. The number of hydrogen-bond acceptors (Lipinski definition) is 4. The highest BCUT2D eigenvalue weighted by atomic mass is 19.2. The maximum Gasteiger partial charge on any atom is 0.214 e. The van der Waals surface area contributed by atoms with Gasteiger partial charge in [0.05, 0.1) is 0 Å². The third-order valence-electron chi connectivity index (χ3n) is 2.87. The highest BCUT2D eigenvalue weighted by Gasteiger charge is 2.15. The summed E-state index contributed by atoms with van der Waals surface area (Å²) in [6, 6.07) is 5.13. The molecule has 0 aliphatic carbocycles. The second kappa shape index (κ2) is 3.94. The van der Waals surface area contributed by atoms with Gasteiger partial charge >= 0.3 is 0 Å². The van der Waals surface area contributed by atoms with Crippen molar-refractivity contribution in [3.8, 4) is 11.3 Å². The summed E-state index contributed by atoms with van der Waals surface area (Å²) in [7, 11) is 0. The van der Waals surface area contributed by atoms with E-state index in [4.69, 9.17) is 15.9 Å². The van der Waals surface area contributed by atoms with Crippen molar-refractivity contribution in [2.45, 2.75) is 0 Å². The number of nitrogens with two attached hydrogens (primary N) is 2. The summed E-state index contributed by atoms with van der Waals surface area (Å²) in [6.45, 7) is 0. The zero-order valence-corrected chi connectivity index (χ0v) is 9.65. The van der Waals surface area contributed by atoms with E-state index >= 15 is 0 Å². The van der Waals surface area contributed by atoms with Gasteiger partial charge in [-0.2, -0.15) is 0 Å². The number of nitrogens with zero attached hydrogens (tertiary/aromatic N) is 1. The van der Waals surface area contributed by atoms with Crippen molar-refractivity contribution in [3.63, 3.8) is 0 Å². The molecule has 0 spiro atoms. The minimum atomic E-state index is -0.955. The number of pyridine rings is 1. The molecule has 0 amide bonds. The number of hydrogen-bond donors (Lipinski definition) is 2. The molecule has 3 aromatic rings. The van der Waals surface area contributed by atoms with Crippen LogP contribution in [0.2, 0.25) is 0 Å². The molecule has 19 heavy (non-hydrogen) atoms. The minimum absolute atomic E-state index is 0.0758. The molecule has 2 aromatic heterocycles. The normalized spacial score (nSPS) is 11.1. The number of furan rings is 1. The molecule has 0 fully saturated rings. The molecule has 1 aromatic carbocycles. The summed E-state index contributed by atoms with van der Waals surface area (Å²) in [5.74, 6) is -1.80. The van der Waals surface area contributed by atoms with E-state index in [0.717, 1.165) is 12.1 Å². The molecule has 6 heteroatoms. The summed E-state index contributed by atoms with van der Waals surface area (Å²) in [4.78, 5) is 4.11. The van der Waals surface area contributed by atoms with Crippen molar-refractivity contribution in [2.75, 3.05) is 11.5 Å². The summed E-state index contributed by atoms with van der Waals surface area (Å²) >= 11 is 0. The van der Waals surface area contributed by atoms with Crippen LogP contribution in [-0.2, 0) is 0 Å². The second-order valence-corrected chi connectivity index (χ2v) is 4.05. The van der Waals surface area contributed by atoms with Gasteiger partial charge in [-0.25, -0.2) is 8.78 Å². The largest absolute Gasteiger partial charge is 0.436 e. The van der Waals surface area contributed by atoms with E-state index in [1.165, 1.54) is 12.3 Å². The van der Waals surface area contributed by atoms with Crippen molar-refractivity contribution in [3.05, 3.63) is 42.1 Å². The Morgan fingerprint density at radius 3 is 2.58 bits per heavy atom. The fraction of sp³-hybridized carbons (Fsp3) is 0. The standard InChI is InChI=1S/C13H9F2N3O/c14-8-2-1-6(5-9(8)15)11-12-7(3-4-18-11)10(16)13(17)19-12/h1-5H,16-17H2. The van der Waals surface area contributed by atoms with Crippen molar-refractivity contribution in [2.24, 2.45) is 0 Å². The summed E-state index contributed by atoms with van der Waals surface area (Å²) in [5, 5.41) is 0.590. The molecule has 96 valence electrons. The van der Waals surface area contributed by atoms with Gasteiger partial charge < -0.3 is 15.9 Å². The first-order valence-electron chi connectivity index (χ1n) is 5.46. The van der Waals surface area contributed by atoms with Crippen LogP contribution in [0.3, 0.4) is 0 Å². The quantitative estimate of drug-likeness (QED) is 0.706.